The lowest BCUT2D eigenvalue weighted by Crippen LogP contribution is -2.60. The van der Waals surface area contributed by atoms with Gasteiger partial charge in [0.25, 0.3) is 0 Å². The van der Waals surface area contributed by atoms with Gasteiger partial charge in [0.05, 0.1) is 12.7 Å². The number of carboxylic acids is 2. The first-order valence-electron chi connectivity index (χ1n) is 14.3. The predicted molar refractivity (Wildman–Crippen MR) is 154 cm³/mol. The lowest BCUT2D eigenvalue weighted by molar-refractivity contribution is -0.192. The van der Waals surface area contributed by atoms with Crippen LogP contribution in [0.4, 0.5) is 17.6 Å². The van der Waals surface area contributed by atoms with Gasteiger partial charge in [-0.15, -0.1) is 0 Å². The Balaban J connectivity index is 0.00000129. The Hall–Kier alpha value is -3.83. The second-order valence-corrected chi connectivity index (χ2v) is 10.6. The minimum absolute atomic E-state index is 0.0356. The fraction of sp³-hybridized carbons (Fsp3) is 0.607. The van der Waals surface area contributed by atoms with E-state index < -0.39 is 60.3 Å². The zero-order valence-electron chi connectivity index (χ0n) is 24.7. The van der Waals surface area contributed by atoms with Crippen molar-refractivity contribution in [2.75, 3.05) is 26.3 Å². The molecule has 1 aromatic rings. The second-order valence-electron chi connectivity index (χ2n) is 10.6. The van der Waals surface area contributed by atoms with Crippen LogP contribution in [-0.4, -0.2) is 101 Å². The van der Waals surface area contributed by atoms with Crippen LogP contribution in [0.1, 0.15) is 50.5 Å². The van der Waals surface area contributed by atoms with Crippen LogP contribution in [0.25, 0.3) is 0 Å². The zero-order chi connectivity index (χ0) is 34.2. The van der Waals surface area contributed by atoms with Crippen molar-refractivity contribution in [3.63, 3.8) is 0 Å². The third-order valence-corrected chi connectivity index (χ3v) is 7.09. The van der Waals surface area contributed by atoms with Crippen molar-refractivity contribution in [2.24, 2.45) is 17.2 Å². The van der Waals surface area contributed by atoms with Gasteiger partial charge in [-0.3, -0.25) is 23.6 Å². The van der Waals surface area contributed by atoms with Gasteiger partial charge in [0.1, 0.15) is 17.6 Å². The van der Waals surface area contributed by atoms with E-state index in [4.69, 9.17) is 27.1 Å². The number of aliphatic carboxylic acids is 2. The molecule has 17 heteroatoms. The van der Waals surface area contributed by atoms with Crippen molar-refractivity contribution in [3.8, 4) is 0 Å². The molecule has 254 valence electrons. The molecule has 0 aliphatic carbocycles. The van der Waals surface area contributed by atoms with Crippen LogP contribution in [-0.2, 0) is 30.4 Å². The Morgan fingerprint density at radius 2 is 1.44 bits per heavy atom. The third-order valence-electron chi connectivity index (χ3n) is 7.09. The Labute approximate surface area is 257 Å². The molecule has 0 spiro atoms. The molecule has 13 nitrogen and oxygen atoms in total. The molecule has 1 saturated heterocycles. The Kier molecular flexibility index (Phi) is 16.4. The number of carbonyl (C=O) groups excluding carboxylic acids is 3. The van der Waals surface area contributed by atoms with Gasteiger partial charge in [-0.25, -0.2) is 4.79 Å². The fourth-order valence-corrected chi connectivity index (χ4v) is 4.37. The van der Waals surface area contributed by atoms with E-state index in [2.05, 4.69) is 10.6 Å². The van der Waals surface area contributed by atoms with Gasteiger partial charge < -0.3 is 42.9 Å². The Bertz CT molecular complexity index is 1120. The van der Waals surface area contributed by atoms with Gasteiger partial charge in [-0.1, -0.05) is 30.3 Å². The van der Waals surface area contributed by atoms with Gasteiger partial charge in [0.15, 0.2) is 0 Å². The summed E-state index contributed by atoms with van der Waals surface area (Å²) >= 11 is 0. The van der Waals surface area contributed by atoms with Crippen molar-refractivity contribution < 1.29 is 51.7 Å². The molecule has 3 amide bonds. The largest absolute Gasteiger partial charge is 0.490 e. The number of unbranched alkanes of at least 4 members (excludes halogenated alkanes) is 1. The highest BCUT2D eigenvalue weighted by Crippen LogP contribution is 2.21. The molecule has 45 heavy (non-hydrogen) atoms. The molecule has 1 aromatic carbocycles. The molecule has 1 fully saturated rings. The molecule has 1 unspecified atom stereocenters. The number of piperidine rings is 1. The highest BCUT2D eigenvalue weighted by atomic mass is 19.4. The third kappa shape index (κ3) is 13.8. The smallest absolute Gasteiger partial charge is 0.480 e. The minimum Gasteiger partial charge on any atom is -0.480 e. The summed E-state index contributed by atoms with van der Waals surface area (Å²) in [5, 5.41) is 21.8. The first kappa shape index (κ1) is 39.2. The number of amides is 3. The topological polar surface area (TPSA) is 231 Å². The lowest BCUT2D eigenvalue weighted by Gasteiger charge is -2.38. The zero-order valence-corrected chi connectivity index (χ0v) is 24.7. The quantitative estimate of drug-likeness (QED) is 0.102. The van der Waals surface area contributed by atoms with Gasteiger partial charge in [-0.2, -0.15) is 13.2 Å². The van der Waals surface area contributed by atoms with E-state index in [-0.39, 0.29) is 51.1 Å². The molecular formula is C28H42F4N6O7. The normalized spacial score (nSPS) is 16.3. The number of hydrogen-bond donors (Lipinski definition) is 7. The number of rotatable bonds is 15. The summed E-state index contributed by atoms with van der Waals surface area (Å²) in [6.07, 6.45) is -3.05. The molecule has 1 heterocycles. The lowest BCUT2D eigenvalue weighted by atomic mass is 9.88. The van der Waals surface area contributed by atoms with Crippen molar-refractivity contribution >= 4 is 29.7 Å². The van der Waals surface area contributed by atoms with E-state index in [1.807, 2.05) is 30.3 Å². The monoisotopic (exact) mass is 650 g/mol. The predicted octanol–water partition coefficient (Wildman–Crippen LogP) is 0.443. The highest BCUT2D eigenvalue weighted by Gasteiger charge is 2.40. The molecule has 0 saturated carbocycles. The van der Waals surface area contributed by atoms with E-state index in [9.17, 15) is 41.8 Å². The highest BCUT2D eigenvalue weighted by molar-refractivity contribution is 5.93. The van der Waals surface area contributed by atoms with Gasteiger partial charge >= 0.3 is 18.1 Å². The van der Waals surface area contributed by atoms with Crippen LogP contribution in [0.15, 0.2) is 30.3 Å². The molecule has 0 radical (unpaired) electrons. The van der Waals surface area contributed by atoms with Crippen LogP contribution in [0.3, 0.4) is 0 Å². The van der Waals surface area contributed by atoms with Crippen molar-refractivity contribution in [3.05, 3.63) is 35.9 Å². The fourth-order valence-electron chi connectivity index (χ4n) is 4.37. The molecule has 2 rings (SSSR count). The summed E-state index contributed by atoms with van der Waals surface area (Å²) in [7, 11) is 0. The second kappa shape index (κ2) is 18.9. The SMILES string of the molecule is NCCCC[C@@H](NC(=O)C(CCCF)NC(=O)[C@H](N)Cc1ccccc1)C(=O)N1CCC(N)(C(=O)O)CC1.O=C(O)C(F)(F)F. The van der Waals surface area contributed by atoms with Crippen molar-refractivity contribution in [2.45, 2.75) is 81.2 Å². The first-order valence-corrected chi connectivity index (χ1v) is 14.3. The minimum atomic E-state index is -5.08. The van der Waals surface area contributed by atoms with Crippen LogP contribution in [0.5, 0.6) is 0 Å². The van der Waals surface area contributed by atoms with Crippen LogP contribution in [0, 0.1) is 0 Å². The Morgan fingerprint density at radius 3 is 1.93 bits per heavy atom. The number of nitrogens with two attached hydrogens (primary N) is 3. The van der Waals surface area contributed by atoms with Crippen LogP contribution < -0.4 is 27.8 Å². The van der Waals surface area contributed by atoms with E-state index in [0.29, 0.717) is 25.8 Å². The maximum atomic E-state index is 13.3. The molecule has 1 aliphatic heterocycles. The molecular weight excluding hydrogens is 608 g/mol. The molecule has 1 aliphatic rings. The standard InChI is InChI=1S/C26H41FN6O5.C2HF3O2/c27-13-6-10-20(31-22(34)19(29)17-18-7-2-1-3-8-18)23(35)32-21(9-4-5-14-28)24(36)33-15-11-26(30,12-16-33)25(37)38;3-2(4,5)1(6)7/h1-3,7-8,19-21H,4-6,9-17,28-30H2,(H,31,34)(H,32,35)(H,37,38);(H,6,7)/t19-,20?,21-;/m1./s1. The first-order chi connectivity index (χ1) is 21.0. The van der Waals surface area contributed by atoms with E-state index in [1.165, 1.54) is 4.90 Å². The van der Waals surface area contributed by atoms with Crippen LogP contribution >= 0.6 is 0 Å². The number of likely N-dealkylation sites (tertiary alicyclic amines) is 1. The number of hydrogen-bond acceptors (Lipinski definition) is 8. The summed E-state index contributed by atoms with van der Waals surface area (Å²) in [4.78, 5) is 61.1. The number of nitrogens with one attached hydrogen (secondary N) is 2. The molecule has 10 N–H and O–H groups in total. The van der Waals surface area contributed by atoms with E-state index in [0.717, 1.165) is 5.56 Å². The number of carboxylic acid groups (broad SMARTS) is 2. The number of nitrogens with zero attached hydrogens (tertiary/aromatic N) is 1. The van der Waals surface area contributed by atoms with Gasteiger partial charge in [0.2, 0.25) is 17.7 Å². The maximum absolute atomic E-state index is 13.3. The van der Waals surface area contributed by atoms with Gasteiger partial charge in [-0.05, 0) is 63.5 Å². The average Bonchev–Trinajstić information content (AvgIpc) is 2.98. The van der Waals surface area contributed by atoms with Crippen LogP contribution in [0.2, 0.25) is 0 Å². The number of carbonyl (C=O) groups is 5. The molecule has 0 aromatic heterocycles. The average molecular weight is 651 g/mol. The van der Waals surface area contributed by atoms with Gasteiger partial charge in [0, 0.05) is 13.1 Å². The summed E-state index contributed by atoms with van der Waals surface area (Å²) in [5.41, 5.74) is 17.0. The summed E-state index contributed by atoms with van der Waals surface area (Å²) in [6, 6.07) is 6.28. The maximum Gasteiger partial charge on any atom is 0.490 e. The van der Waals surface area contributed by atoms with Crippen molar-refractivity contribution in [1.29, 1.82) is 0 Å². The molecule has 0 bridgehead atoms. The summed E-state index contributed by atoms with van der Waals surface area (Å²) in [6.45, 7) is 0.0244. The Morgan fingerprint density at radius 1 is 0.911 bits per heavy atom. The summed E-state index contributed by atoms with van der Waals surface area (Å²) in [5.74, 6) is -5.40. The van der Waals surface area contributed by atoms with E-state index in [1.54, 1.807) is 0 Å². The number of alkyl halides is 4. The number of halogens is 4. The van der Waals surface area contributed by atoms with E-state index >= 15 is 0 Å². The summed E-state index contributed by atoms with van der Waals surface area (Å²) < 4.78 is 44.7. The van der Waals surface area contributed by atoms with Crippen molar-refractivity contribution in [1.82, 2.24) is 15.5 Å². The number of benzene rings is 1. The molecule has 3 atom stereocenters.